The van der Waals surface area contributed by atoms with Crippen LogP contribution >= 0.6 is 12.6 Å². The molecule has 1 aromatic carbocycles. The maximum Gasteiger partial charge on any atom is 0.146 e. The summed E-state index contributed by atoms with van der Waals surface area (Å²) in [5, 5.41) is 10.1. The number of aliphatic hydroxyl groups is 1. The van der Waals surface area contributed by atoms with E-state index in [1.807, 2.05) is 24.3 Å². The van der Waals surface area contributed by atoms with E-state index in [-0.39, 0.29) is 17.5 Å². The minimum absolute atomic E-state index is 0.00246. The molecule has 0 radical (unpaired) electrons. The Morgan fingerprint density at radius 2 is 2.00 bits per heavy atom. The zero-order valence-corrected chi connectivity index (χ0v) is 11.8. The van der Waals surface area contributed by atoms with Crippen LogP contribution in [0.5, 0.6) is 0 Å². The maximum atomic E-state index is 12.1. The molecule has 0 amide bonds. The lowest BCUT2D eigenvalue weighted by molar-refractivity contribution is -0.140. The Bertz CT molecular complexity index is 481. The zero-order valence-electron chi connectivity index (χ0n) is 10.9. The largest absolute Gasteiger partial charge is 0.392 e. The second-order valence-corrected chi connectivity index (χ2v) is 5.58. The summed E-state index contributed by atoms with van der Waals surface area (Å²) in [7, 11) is 0. The van der Waals surface area contributed by atoms with E-state index in [9.17, 15) is 14.7 Å². The summed E-state index contributed by atoms with van der Waals surface area (Å²) in [6.07, 6.45) is 0.245. The minimum Gasteiger partial charge on any atom is -0.392 e. The van der Waals surface area contributed by atoms with Gasteiger partial charge in [0.1, 0.15) is 17.5 Å². The predicted molar refractivity (Wildman–Crippen MR) is 75.5 cm³/mol. The summed E-state index contributed by atoms with van der Waals surface area (Å²) >= 11 is 4.22. The first-order chi connectivity index (χ1) is 9.02. The number of benzene rings is 1. The van der Waals surface area contributed by atoms with Gasteiger partial charge < -0.3 is 5.11 Å². The SMILES string of the molecule is CCC(=O)C1C(=O)CC(c2ccc(S)cc2)CC1O. The highest BCUT2D eigenvalue weighted by Crippen LogP contribution is 2.35. The fourth-order valence-electron chi connectivity index (χ4n) is 2.71. The van der Waals surface area contributed by atoms with Crippen molar-refractivity contribution < 1.29 is 14.7 Å². The average molecular weight is 278 g/mol. The Morgan fingerprint density at radius 1 is 1.37 bits per heavy atom. The Balaban J connectivity index is 2.15. The van der Waals surface area contributed by atoms with Gasteiger partial charge in [-0.25, -0.2) is 0 Å². The number of hydrogen-bond acceptors (Lipinski definition) is 4. The fraction of sp³-hybridized carbons (Fsp3) is 0.467. The van der Waals surface area contributed by atoms with Crippen LogP contribution in [0.15, 0.2) is 29.2 Å². The van der Waals surface area contributed by atoms with Crippen LogP contribution in [-0.2, 0) is 9.59 Å². The van der Waals surface area contributed by atoms with Gasteiger partial charge in [0.15, 0.2) is 0 Å². The highest BCUT2D eigenvalue weighted by atomic mass is 32.1. The van der Waals surface area contributed by atoms with Gasteiger partial charge in [0.05, 0.1) is 6.10 Å². The summed E-state index contributed by atoms with van der Waals surface area (Å²) in [6.45, 7) is 1.72. The van der Waals surface area contributed by atoms with E-state index in [4.69, 9.17) is 0 Å². The van der Waals surface area contributed by atoms with E-state index in [0.29, 0.717) is 19.3 Å². The number of Topliss-reactive ketones (excluding diaryl/α,β-unsaturated/α-hetero) is 2. The van der Waals surface area contributed by atoms with E-state index < -0.39 is 12.0 Å². The molecular formula is C15H18O3S. The predicted octanol–water partition coefficient (Wildman–Crippen LogP) is 2.38. The van der Waals surface area contributed by atoms with Crippen LogP contribution in [0.4, 0.5) is 0 Å². The van der Waals surface area contributed by atoms with E-state index in [1.54, 1.807) is 6.92 Å². The van der Waals surface area contributed by atoms with Crippen molar-refractivity contribution in [1.82, 2.24) is 0 Å². The third kappa shape index (κ3) is 3.07. The van der Waals surface area contributed by atoms with Gasteiger partial charge in [0, 0.05) is 17.7 Å². The molecule has 1 aromatic rings. The minimum atomic E-state index is -0.852. The molecular weight excluding hydrogens is 260 g/mol. The summed E-state index contributed by atoms with van der Waals surface area (Å²) in [5.41, 5.74) is 1.02. The third-order valence-electron chi connectivity index (χ3n) is 3.77. The molecule has 0 spiro atoms. The molecule has 3 atom stereocenters. The molecule has 1 aliphatic carbocycles. The standard InChI is InChI=1S/C15H18O3S/c1-2-12(16)15-13(17)7-10(8-14(15)18)9-3-5-11(19)6-4-9/h3-6,10,13,15,17,19H,2,7-8H2,1H3. The molecule has 1 saturated carbocycles. The van der Waals surface area contributed by atoms with E-state index >= 15 is 0 Å². The van der Waals surface area contributed by atoms with Gasteiger partial charge in [0.2, 0.25) is 0 Å². The van der Waals surface area contributed by atoms with Crippen molar-refractivity contribution in [3.8, 4) is 0 Å². The molecule has 1 N–H and O–H groups in total. The molecule has 3 nitrogen and oxygen atoms in total. The number of aliphatic hydroxyl groups excluding tert-OH is 1. The number of hydrogen-bond donors (Lipinski definition) is 2. The molecule has 0 bridgehead atoms. The molecule has 4 heteroatoms. The van der Waals surface area contributed by atoms with Crippen molar-refractivity contribution >= 4 is 24.2 Å². The van der Waals surface area contributed by atoms with Gasteiger partial charge >= 0.3 is 0 Å². The van der Waals surface area contributed by atoms with Crippen LogP contribution in [-0.4, -0.2) is 22.8 Å². The molecule has 1 aliphatic rings. The monoisotopic (exact) mass is 278 g/mol. The number of rotatable bonds is 3. The van der Waals surface area contributed by atoms with E-state index in [0.717, 1.165) is 10.5 Å². The topological polar surface area (TPSA) is 54.4 Å². The van der Waals surface area contributed by atoms with Gasteiger partial charge in [-0.05, 0) is 30.0 Å². The highest BCUT2D eigenvalue weighted by Gasteiger charge is 2.39. The van der Waals surface area contributed by atoms with Crippen molar-refractivity contribution in [3.63, 3.8) is 0 Å². The third-order valence-corrected chi connectivity index (χ3v) is 4.06. The number of thiol groups is 1. The first-order valence-electron chi connectivity index (χ1n) is 6.55. The van der Waals surface area contributed by atoms with Gasteiger partial charge in [0.25, 0.3) is 0 Å². The molecule has 102 valence electrons. The van der Waals surface area contributed by atoms with E-state index in [1.165, 1.54) is 0 Å². The second-order valence-electron chi connectivity index (χ2n) is 5.06. The molecule has 1 fully saturated rings. The maximum absolute atomic E-state index is 12.1. The smallest absolute Gasteiger partial charge is 0.146 e. The van der Waals surface area contributed by atoms with Gasteiger partial charge in [-0.1, -0.05) is 19.1 Å². The Hall–Kier alpha value is -1.13. The van der Waals surface area contributed by atoms with Crippen LogP contribution in [0, 0.1) is 5.92 Å². The molecule has 0 aliphatic heterocycles. The van der Waals surface area contributed by atoms with Crippen molar-refractivity contribution in [1.29, 1.82) is 0 Å². The number of ketones is 2. The van der Waals surface area contributed by atoms with Crippen LogP contribution in [0.25, 0.3) is 0 Å². The van der Waals surface area contributed by atoms with Crippen LogP contribution in [0.1, 0.15) is 37.7 Å². The number of carbonyl (C=O) groups excluding carboxylic acids is 2. The van der Waals surface area contributed by atoms with Crippen molar-refractivity contribution in [2.24, 2.45) is 5.92 Å². The quantitative estimate of drug-likeness (QED) is 0.659. The lowest BCUT2D eigenvalue weighted by atomic mass is 9.74. The Morgan fingerprint density at radius 3 is 2.53 bits per heavy atom. The molecule has 2 rings (SSSR count). The zero-order chi connectivity index (χ0) is 14.0. The Labute approximate surface area is 118 Å². The van der Waals surface area contributed by atoms with Gasteiger partial charge in [-0.2, -0.15) is 0 Å². The summed E-state index contributed by atoms with van der Waals surface area (Å²) in [5.74, 6) is -1.10. The lowest BCUT2D eigenvalue weighted by Gasteiger charge is -2.31. The van der Waals surface area contributed by atoms with Crippen LogP contribution < -0.4 is 0 Å². The molecule has 19 heavy (non-hydrogen) atoms. The Kier molecular flexibility index (Phi) is 4.42. The van der Waals surface area contributed by atoms with Crippen LogP contribution in [0.3, 0.4) is 0 Å². The average Bonchev–Trinajstić information content (AvgIpc) is 2.38. The summed E-state index contributed by atoms with van der Waals surface area (Å²) < 4.78 is 0. The van der Waals surface area contributed by atoms with Crippen molar-refractivity contribution in [3.05, 3.63) is 29.8 Å². The van der Waals surface area contributed by atoms with Crippen LogP contribution in [0.2, 0.25) is 0 Å². The van der Waals surface area contributed by atoms with Gasteiger partial charge in [-0.15, -0.1) is 12.6 Å². The normalized spacial score (nSPS) is 27.3. The molecule has 0 heterocycles. The van der Waals surface area contributed by atoms with E-state index in [2.05, 4.69) is 12.6 Å². The molecule has 0 aromatic heterocycles. The second kappa shape index (κ2) is 5.88. The summed E-state index contributed by atoms with van der Waals surface area (Å²) in [6, 6.07) is 7.60. The highest BCUT2D eigenvalue weighted by molar-refractivity contribution is 7.80. The van der Waals surface area contributed by atoms with Crippen molar-refractivity contribution in [2.45, 2.75) is 43.1 Å². The lowest BCUT2D eigenvalue weighted by Crippen LogP contribution is -2.40. The van der Waals surface area contributed by atoms with Gasteiger partial charge in [-0.3, -0.25) is 9.59 Å². The first kappa shape index (κ1) is 14.3. The number of carbonyl (C=O) groups is 2. The fourth-order valence-corrected chi connectivity index (χ4v) is 2.86. The van der Waals surface area contributed by atoms with Crippen molar-refractivity contribution in [2.75, 3.05) is 0 Å². The summed E-state index contributed by atoms with van der Waals surface area (Å²) in [4.78, 5) is 24.6. The molecule has 0 saturated heterocycles. The first-order valence-corrected chi connectivity index (χ1v) is 7.00. The molecule has 3 unspecified atom stereocenters.